The highest BCUT2D eigenvalue weighted by Crippen LogP contribution is 2.70. The number of nitrogens with zero attached hydrogens (tertiary/aromatic N) is 1. The fraction of sp³-hybridized carbons (Fsp3) is 0.793. The molecule has 4 saturated carbocycles. The number of fused-ring (bicyclic) bond motifs is 5. The van der Waals surface area contributed by atoms with E-state index < -0.39 is 34.9 Å². The van der Waals surface area contributed by atoms with Gasteiger partial charge in [0, 0.05) is 24.3 Å². The average molecular weight is 546 g/mol. The van der Waals surface area contributed by atoms with E-state index in [-0.39, 0.29) is 61.3 Å². The number of aliphatic hydroxyl groups is 2. The molecule has 9 unspecified atom stereocenters. The van der Waals surface area contributed by atoms with Crippen LogP contribution in [0.15, 0.2) is 11.6 Å². The molecule has 0 bridgehead atoms. The predicted molar refractivity (Wildman–Crippen MR) is 134 cm³/mol. The molecule has 6 rings (SSSR count). The summed E-state index contributed by atoms with van der Waals surface area (Å²) in [5.74, 6) is -1.64. The molecule has 0 aromatic rings. The van der Waals surface area contributed by atoms with E-state index in [1.165, 1.54) is 0 Å². The predicted octanol–water partition coefficient (Wildman–Crippen LogP) is 2.21. The van der Waals surface area contributed by atoms with E-state index in [0.29, 0.717) is 23.8 Å². The first kappa shape index (κ1) is 26.9. The van der Waals surface area contributed by atoms with E-state index in [9.17, 15) is 29.4 Å². The third-order valence-corrected chi connectivity index (χ3v) is 11.7. The summed E-state index contributed by atoms with van der Waals surface area (Å²) in [5.41, 5.74) is -0.914. The van der Waals surface area contributed by atoms with Gasteiger partial charge in [-0.2, -0.15) is 0 Å². The quantitative estimate of drug-likeness (QED) is 0.393. The van der Waals surface area contributed by atoms with Crippen LogP contribution in [0.4, 0.5) is 0 Å². The molecule has 10 heteroatoms. The van der Waals surface area contributed by atoms with E-state index in [1.807, 2.05) is 6.92 Å². The first-order valence-corrected chi connectivity index (χ1v) is 14.4. The van der Waals surface area contributed by atoms with E-state index in [2.05, 4.69) is 6.92 Å². The molecule has 0 radical (unpaired) electrons. The first-order chi connectivity index (χ1) is 18.5. The number of cyclic esters (lactones) is 1. The lowest BCUT2D eigenvalue weighted by atomic mass is 9.42. The molecule has 214 valence electrons. The highest BCUT2D eigenvalue weighted by atomic mass is 16.7. The van der Waals surface area contributed by atoms with Gasteiger partial charge in [-0.15, -0.1) is 5.06 Å². The van der Waals surface area contributed by atoms with Crippen molar-refractivity contribution in [3.8, 4) is 0 Å². The van der Waals surface area contributed by atoms with Gasteiger partial charge < -0.3 is 24.5 Å². The molecule has 0 aromatic carbocycles. The zero-order valence-electron chi connectivity index (χ0n) is 22.7. The van der Waals surface area contributed by atoms with Gasteiger partial charge >= 0.3 is 11.9 Å². The number of aliphatic hydroxyl groups excluding tert-OH is 1. The molecular weight excluding hydrogens is 506 g/mol. The van der Waals surface area contributed by atoms with Crippen LogP contribution in [0.25, 0.3) is 0 Å². The Labute approximate surface area is 228 Å². The van der Waals surface area contributed by atoms with Crippen LogP contribution >= 0.6 is 0 Å². The van der Waals surface area contributed by atoms with Gasteiger partial charge in [0.25, 0.3) is 11.8 Å². The second-order valence-electron chi connectivity index (χ2n) is 13.1. The first-order valence-electron chi connectivity index (χ1n) is 14.4. The fourth-order valence-electron chi connectivity index (χ4n) is 9.47. The molecule has 2 amide bonds. The van der Waals surface area contributed by atoms with Crippen molar-refractivity contribution in [3.05, 3.63) is 11.6 Å². The second kappa shape index (κ2) is 9.38. The Balaban J connectivity index is 1.12. The van der Waals surface area contributed by atoms with Crippen LogP contribution in [0.1, 0.15) is 78.1 Å². The van der Waals surface area contributed by atoms with E-state index in [4.69, 9.17) is 14.3 Å². The molecule has 0 spiro atoms. The lowest BCUT2D eigenvalue weighted by Crippen LogP contribution is -2.67. The number of hydrogen-bond acceptors (Lipinski definition) is 9. The minimum absolute atomic E-state index is 0.0492. The lowest BCUT2D eigenvalue weighted by Gasteiger charge is -2.65. The Bertz CT molecular complexity index is 1100. The summed E-state index contributed by atoms with van der Waals surface area (Å²) >= 11 is 0. The summed E-state index contributed by atoms with van der Waals surface area (Å²) in [4.78, 5) is 52.3. The van der Waals surface area contributed by atoms with Crippen LogP contribution in [0, 0.1) is 34.5 Å². The Morgan fingerprint density at radius 1 is 1.05 bits per heavy atom. The van der Waals surface area contributed by atoms with Crippen LogP contribution in [0.2, 0.25) is 0 Å². The molecule has 10 nitrogen and oxygen atoms in total. The molecule has 39 heavy (non-hydrogen) atoms. The number of amides is 2. The number of esters is 1. The highest BCUT2D eigenvalue weighted by Gasteiger charge is 2.70. The van der Waals surface area contributed by atoms with Crippen LogP contribution in [-0.2, 0) is 33.5 Å². The Kier molecular flexibility index (Phi) is 6.47. The van der Waals surface area contributed by atoms with E-state index in [1.54, 1.807) is 6.08 Å². The van der Waals surface area contributed by atoms with Crippen molar-refractivity contribution in [1.82, 2.24) is 5.06 Å². The molecule has 2 heterocycles. The normalized spacial score (nSPS) is 45.4. The standard InChI is InChI=1S/C29H39NO9/c1-27-9-7-18(37-15-26(35)39-30-23(32)5-6-24(30)33)12-17(27)3-4-20-21(27)13-22(31)28(2)19(8-10-29(20,28)36)16-11-25(34)38-14-16/h11,17-22,31,36H,3-10,12-15H2,1-2H3. The zero-order valence-corrected chi connectivity index (χ0v) is 22.7. The molecule has 9 atom stereocenters. The fourth-order valence-corrected chi connectivity index (χ4v) is 9.47. The largest absolute Gasteiger partial charge is 0.458 e. The molecule has 2 aliphatic heterocycles. The highest BCUT2D eigenvalue weighted by molar-refractivity contribution is 6.01. The monoisotopic (exact) mass is 545 g/mol. The SMILES string of the molecule is CC12CCC(OCC(=O)ON3C(=O)CCC3=O)CC1CCC1C2CC(O)C2(C)C(C3=CC(=O)OC3)CCC12O. The maximum Gasteiger partial charge on any atom is 0.358 e. The van der Waals surface area contributed by atoms with Gasteiger partial charge in [0.1, 0.15) is 13.2 Å². The number of hydroxylamine groups is 2. The summed E-state index contributed by atoms with van der Waals surface area (Å²) < 4.78 is 11.1. The van der Waals surface area contributed by atoms with Crippen molar-refractivity contribution in [1.29, 1.82) is 0 Å². The van der Waals surface area contributed by atoms with Crippen LogP contribution in [-0.4, -0.2) is 70.1 Å². The van der Waals surface area contributed by atoms with Crippen LogP contribution in [0.5, 0.6) is 0 Å². The maximum atomic E-state index is 12.3. The van der Waals surface area contributed by atoms with E-state index >= 15 is 0 Å². The molecule has 5 fully saturated rings. The van der Waals surface area contributed by atoms with Crippen molar-refractivity contribution in [3.63, 3.8) is 0 Å². The van der Waals surface area contributed by atoms with Gasteiger partial charge in [-0.1, -0.05) is 13.8 Å². The van der Waals surface area contributed by atoms with Gasteiger partial charge in [-0.25, -0.2) is 9.59 Å². The van der Waals surface area contributed by atoms with Crippen LogP contribution < -0.4 is 0 Å². The van der Waals surface area contributed by atoms with Gasteiger partial charge in [0.05, 0.1) is 17.8 Å². The Morgan fingerprint density at radius 2 is 1.79 bits per heavy atom. The molecule has 2 N–H and O–H groups in total. The maximum absolute atomic E-state index is 12.3. The smallest absolute Gasteiger partial charge is 0.358 e. The number of carbonyl (C=O) groups excluding carboxylic acids is 4. The number of carbonyl (C=O) groups is 4. The number of ether oxygens (including phenoxy) is 2. The van der Waals surface area contributed by atoms with Crippen molar-refractivity contribution in [2.45, 2.75) is 95.9 Å². The van der Waals surface area contributed by atoms with Crippen molar-refractivity contribution < 1.29 is 43.7 Å². The zero-order chi connectivity index (χ0) is 27.7. The van der Waals surface area contributed by atoms with Crippen molar-refractivity contribution >= 4 is 23.8 Å². The average Bonchev–Trinajstić information content (AvgIpc) is 3.55. The summed E-state index contributed by atoms with van der Waals surface area (Å²) in [6, 6.07) is 0. The summed E-state index contributed by atoms with van der Waals surface area (Å²) in [6.45, 7) is 4.23. The van der Waals surface area contributed by atoms with Gasteiger partial charge in [0.15, 0.2) is 0 Å². The second-order valence-corrected chi connectivity index (χ2v) is 13.1. The lowest BCUT2D eigenvalue weighted by molar-refractivity contribution is -0.246. The third-order valence-electron chi connectivity index (χ3n) is 11.7. The van der Waals surface area contributed by atoms with Gasteiger partial charge in [0.2, 0.25) is 0 Å². The molecule has 6 aliphatic rings. The molecular formula is C29H39NO9. The van der Waals surface area contributed by atoms with E-state index in [0.717, 1.165) is 44.1 Å². The van der Waals surface area contributed by atoms with Crippen molar-refractivity contribution in [2.75, 3.05) is 13.2 Å². The van der Waals surface area contributed by atoms with Gasteiger partial charge in [-0.05, 0) is 86.0 Å². The Hall–Kier alpha value is -2.30. The summed E-state index contributed by atoms with van der Waals surface area (Å²) in [5, 5.41) is 24.5. The number of hydrogen-bond donors (Lipinski definition) is 2. The summed E-state index contributed by atoms with van der Waals surface area (Å²) in [6.07, 6.45) is 6.94. The van der Waals surface area contributed by atoms with Crippen LogP contribution in [0.3, 0.4) is 0 Å². The number of imide groups is 1. The molecule has 4 aliphatic carbocycles. The summed E-state index contributed by atoms with van der Waals surface area (Å²) in [7, 11) is 0. The minimum Gasteiger partial charge on any atom is -0.458 e. The topological polar surface area (TPSA) is 140 Å². The van der Waals surface area contributed by atoms with Gasteiger partial charge in [-0.3, -0.25) is 9.59 Å². The third kappa shape index (κ3) is 4.00. The van der Waals surface area contributed by atoms with Crippen molar-refractivity contribution in [2.24, 2.45) is 34.5 Å². The number of rotatable bonds is 5. The molecule has 0 aromatic heterocycles. The Morgan fingerprint density at radius 3 is 2.49 bits per heavy atom. The molecule has 1 saturated heterocycles. The minimum atomic E-state index is -1.01.